The van der Waals surface area contributed by atoms with E-state index in [4.69, 9.17) is 5.73 Å². The Balaban J connectivity index is 2.42. The van der Waals surface area contributed by atoms with Crippen LogP contribution >= 0.6 is 11.3 Å². The van der Waals surface area contributed by atoms with Crippen molar-refractivity contribution in [3.63, 3.8) is 0 Å². The smallest absolute Gasteiger partial charge is 0.256 e. The SMILES string of the molecule is CC(N)(CCc1ccsc1)C(F)F. The molecule has 0 amide bonds. The molecule has 0 aliphatic heterocycles. The van der Waals surface area contributed by atoms with Crippen molar-refractivity contribution in [3.8, 4) is 0 Å². The Labute approximate surface area is 80.6 Å². The summed E-state index contributed by atoms with van der Waals surface area (Å²) in [6.45, 7) is 1.39. The van der Waals surface area contributed by atoms with E-state index in [1.807, 2.05) is 16.8 Å². The second-order valence-electron chi connectivity index (χ2n) is 3.44. The molecule has 1 heterocycles. The van der Waals surface area contributed by atoms with Crippen LogP contribution in [0.2, 0.25) is 0 Å². The number of thiophene rings is 1. The second kappa shape index (κ2) is 4.15. The van der Waals surface area contributed by atoms with Crippen molar-refractivity contribution in [2.75, 3.05) is 0 Å². The molecule has 1 atom stereocenters. The van der Waals surface area contributed by atoms with Gasteiger partial charge in [0.05, 0.1) is 5.54 Å². The predicted molar refractivity (Wildman–Crippen MR) is 51.2 cm³/mol. The molecule has 0 fully saturated rings. The lowest BCUT2D eigenvalue weighted by atomic mass is 9.96. The molecule has 13 heavy (non-hydrogen) atoms. The van der Waals surface area contributed by atoms with Gasteiger partial charge in [-0.2, -0.15) is 11.3 Å². The standard InChI is InChI=1S/C9H13F2NS/c1-9(12,8(10)11)4-2-7-3-5-13-6-7/h3,5-6,8H,2,4,12H2,1H3. The molecular formula is C9H13F2NS. The van der Waals surface area contributed by atoms with Crippen LogP contribution < -0.4 is 5.73 Å². The van der Waals surface area contributed by atoms with Crippen LogP contribution in [0.15, 0.2) is 16.8 Å². The molecule has 0 aromatic carbocycles. The summed E-state index contributed by atoms with van der Waals surface area (Å²) in [5, 5.41) is 3.90. The minimum atomic E-state index is -2.45. The summed E-state index contributed by atoms with van der Waals surface area (Å²) in [4.78, 5) is 0. The second-order valence-corrected chi connectivity index (χ2v) is 4.22. The zero-order valence-electron chi connectivity index (χ0n) is 7.47. The van der Waals surface area contributed by atoms with Gasteiger partial charge in [-0.15, -0.1) is 0 Å². The highest BCUT2D eigenvalue weighted by Gasteiger charge is 2.29. The van der Waals surface area contributed by atoms with E-state index in [0.717, 1.165) is 5.56 Å². The summed E-state index contributed by atoms with van der Waals surface area (Å²) in [6.07, 6.45) is -1.51. The average molecular weight is 205 g/mol. The van der Waals surface area contributed by atoms with Crippen LogP contribution in [-0.4, -0.2) is 12.0 Å². The quantitative estimate of drug-likeness (QED) is 0.803. The molecule has 1 nitrogen and oxygen atoms in total. The van der Waals surface area contributed by atoms with Crippen LogP contribution in [0.5, 0.6) is 0 Å². The van der Waals surface area contributed by atoms with Crippen molar-refractivity contribution < 1.29 is 8.78 Å². The lowest BCUT2D eigenvalue weighted by molar-refractivity contribution is 0.0591. The fourth-order valence-electron chi connectivity index (χ4n) is 0.958. The number of aryl methyl sites for hydroxylation is 1. The number of rotatable bonds is 4. The maximum atomic E-state index is 12.3. The van der Waals surface area contributed by atoms with Crippen molar-refractivity contribution in [1.29, 1.82) is 0 Å². The number of hydrogen-bond acceptors (Lipinski definition) is 2. The Hall–Kier alpha value is -0.480. The molecule has 74 valence electrons. The Morgan fingerprint density at radius 1 is 1.62 bits per heavy atom. The first kappa shape index (κ1) is 10.6. The van der Waals surface area contributed by atoms with Gasteiger partial charge in [0, 0.05) is 0 Å². The Bertz CT molecular complexity index is 244. The highest BCUT2D eigenvalue weighted by molar-refractivity contribution is 7.07. The predicted octanol–water partition coefficient (Wildman–Crippen LogP) is 2.66. The first-order valence-electron chi connectivity index (χ1n) is 4.10. The van der Waals surface area contributed by atoms with Crippen molar-refractivity contribution in [2.24, 2.45) is 5.73 Å². The summed E-state index contributed by atoms with van der Waals surface area (Å²) in [7, 11) is 0. The first-order chi connectivity index (χ1) is 6.02. The third-order valence-electron chi connectivity index (χ3n) is 2.03. The molecule has 4 heteroatoms. The molecule has 0 spiro atoms. The number of nitrogens with two attached hydrogens (primary N) is 1. The maximum absolute atomic E-state index is 12.3. The highest BCUT2D eigenvalue weighted by atomic mass is 32.1. The average Bonchev–Trinajstić information content (AvgIpc) is 2.52. The number of halogens is 2. The van der Waals surface area contributed by atoms with E-state index < -0.39 is 12.0 Å². The highest BCUT2D eigenvalue weighted by Crippen LogP contribution is 2.19. The van der Waals surface area contributed by atoms with E-state index in [1.165, 1.54) is 6.92 Å². The van der Waals surface area contributed by atoms with Crippen molar-refractivity contribution in [3.05, 3.63) is 22.4 Å². The van der Waals surface area contributed by atoms with Gasteiger partial charge >= 0.3 is 0 Å². The summed E-state index contributed by atoms with van der Waals surface area (Å²) in [5.41, 5.74) is 5.16. The molecule has 0 radical (unpaired) electrons. The van der Waals surface area contributed by atoms with E-state index in [-0.39, 0.29) is 0 Å². The fourth-order valence-corrected chi connectivity index (χ4v) is 1.66. The number of alkyl halides is 2. The van der Waals surface area contributed by atoms with Crippen molar-refractivity contribution in [2.45, 2.75) is 31.7 Å². The summed E-state index contributed by atoms with van der Waals surface area (Å²) in [5.74, 6) is 0. The van der Waals surface area contributed by atoms with Gasteiger partial charge in [-0.05, 0) is 42.2 Å². The minimum Gasteiger partial charge on any atom is -0.321 e. The van der Waals surface area contributed by atoms with Gasteiger partial charge in [0.25, 0.3) is 6.43 Å². The van der Waals surface area contributed by atoms with E-state index in [9.17, 15) is 8.78 Å². The third kappa shape index (κ3) is 3.04. The number of hydrogen-bond donors (Lipinski definition) is 1. The molecule has 1 aromatic heterocycles. The topological polar surface area (TPSA) is 26.0 Å². The molecule has 0 saturated heterocycles. The molecular weight excluding hydrogens is 192 g/mol. The van der Waals surface area contributed by atoms with E-state index in [2.05, 4.69) is 0 Å². The van der Waals surface area contributed by atoms with Gasteiger partial charge in [-0.1, -0.05) is 0 Å². The van der Waals surface area contributed by atoms with Crippen molar-refractivity contribution >= 4 is 11.3 Å². The molecule has 1 aromatic rings. The zero-order chi connectivity index (χ0) is 9.90. The zero-order valence-corrected chi connectivity index (χ0v) is 8.28. The molecule has 1 rings (SSSR count). The summed E-state index contributed by atoms with van der Waals surface area (Å²) < 4.78 is 24.6. The van der Waals surface area contributed by atoms with Crippen LogP contribution in [0.4, 0.5) is 8.78 Å². The molecule has 0 aliphatic rings. The Morgan fingerprint density at radius 3 is 2.77 bits per heavy atom. The monoisotopic (exact) mass is 205 g/mol. The van der Waals surface area contributed by atoms with Crippen LogP contribution in [0, 0.1) is 0 Å². The molecule has 2 N–H and O–H groups in total. The van der Waals surface area contributed by atoms with Crippen LogP contribution in [0.3, 0.4) is 0 Å². The fraction of sp³-hybridized carbons (Fsp3) is 0.556. The van der Waals surface area contributed by atoms with E-state index in [0.29, 0.717) is 12.8 Å². The lowest BCUT2D eigenvalue weighted by Crippen LogP contribution is -2.44. The molecule has 0 bridgehead atoms. The van der Waals surface area contributed by atoms with Gasteiger partial charge in [-0.25, -0.2) is 8.78 Å². The maximum Gasteiger partial charge on any atom is 0.256 e. The van der Waals surface area contributed by atoms with Gasteiger partial charge in [-0.3, -0.25) is 0 Å². The Morgan fingerprint density at radius 2 is 2.31 bits per heavy atom. The Kier molecular flexibility index (Phi) is 3.39. The molecule has 0 aliphatic carbocycles. The van der Waals surface area contributed by atoms with Crippen molar-refractivity contribution in [1.82, 2.24) is 0 Å². The van der Waals surface area contributed by atoms with Crippen LogP contribution in [-0.2, 0) is 6.42 Å². The lowest BCUT2D eigenvalue weighted by Gasteiger charge is -2.22. The summed E-state index contributed by atoms with van der Waals surface area (Å²) >= 11 is 1.57. The van der Waals surface area contributed by atoms with Gasteiger partial charge in [0.15, 0.2) is 0 Å². The molecule has 1 unspecified atom stereocenters. The van der Waals surface area contributed by atoms with Gasteiger partial charge < -0.3 is 5.73 Å². The summed E-state index contributed by atoms with van der Waals surface area (Å²) in [6, 6.07) is 1.94. The normalized spacial score (nSPS) is 16.1. The molecule has 0 saturated carbocycles. The third-order valence-corrected chi connectivity index (χ3v) is 2.76. The van der Waals surface area contributed by atoms with Gasteiger partial charge in [0.1, 0.15) is 0 Å². The minimum absolute atomic E-state index is 0.321. The van der Waals surface area contributed by atoms with Gasteiger partial charge in [0.2, 0.25) is 0 Å². The van der Waals surface area contributed by atoms with E-state index in [1.54, 1.807) is 11.3 Å². The first-order valence-corrected chi connectivity index (χ1v) is 5.05. The van der Waals surface area contributed by atoms with Crippen LogP contribution in [0.25, 0.3) is 0 Å². The van der Waals surface area contributed by atoms with Crippen LogP contribution in [0.1, 0.15) is 18.9 Å². The van der Waals surface area contributed by atoms with E-state index >= 15 is 0 Å². The largest absolute Gasteiger partial charge is 0.321 e.